The maximum absolute atomic E-state index is 12.7. The van der Waals surface area contributed by atoms with Crippen molar-refractivity contribution in [1.82, 2.24) is 20.0 Å². The second kappa shape index (κ2) is 7.55. The normalized spacial score (nSPS) is 20.1. The molecule has 3 rings (SSSR count). The van der Waals surface area contributed by atoms with Crippen LogP contribution in [0.5, 0.6) is 5.75 Å². The summed E-state index contributed by atoms with van der Waals surface area (Å²) in [5, 5.41) is 7.69. The molecule has 1 saturated heterocycles. The van der Waals surface area contributed by atoms with Gasteiger partial charge in [0, 0.05) is 42.5 Å². The van der Waals surface area contributed by atoms with Crippen LogP contribution >= 0.6 is 11.6 Å². The highest BCUT2D eigenvalue weighted by atomic mass is 35.5. The fourth-order valence-corrected chi connectivity index (χ4v) is 3.32. The lowest BCUT2D eigenvalue weighted by Gasteiger charge is -2.40. The quantitative estimate of drug-likeness (QED) is 0.887. The van der Waals surface area contributed by atoms with Crippen LogP contribution in [0.2, 0.25) is 5.02 Å². The van der Waals surface area contributed by atoms with Gasteiger partial charge in [-0.2, -0.15) is 5.10 Å². The molecule has 2 amide bonds. The Hall–Kier alpha value is -2.25. The van der Waals surface area contributed by atoms with Crippen LogP contribution in [-0.4, -0.2) is 47.5 Å². The molecular formula is C18H23ClN4O3. The third kappa shape index (κ3) is 3.78. The Bertz CT molecular complexity index is 794. The van der Waals surface area contributed by atoms with Crippen molar-refractivity contribution >= 4 is 17.6 Å². The number of nitrogens with one attached hydrogen (secondary N) is 1. The lowest BCUT2D eigenvalue weighted by Crippen LogP contribution is -2.53. The number of amides is 2. The minimum atomic E-state index is -0.577. The Morgan fingerprint density at radius 3 is 3.00 bits per heavy atom. The van der Waals surface area contributed by atoms with Gasteiger partial charge >= 0.3 is 6.03 Å². The first-order valence-electron chi connectivity index (χ1n) is 8.40. The largest absolute Gasteiger partial charge is 0.496 e. The van der Waals surface area contributed by atoms with Crippen LogP contribution in [-0.2, 0) is 23.9 Å². The summed E-state index contributed by atoms with van der Waals surface area (Å²) in [4.78, 5) is 14.4. The zero-order chi connectivity index (χ0) is 18.7. The van der Waals surface area contributed by atoms with E-state index in [9.17, 15) is 4.79 Å². The number of halogens is 1. The van der Waals surface area contributed by atoms with Crippen LogP contribution in [0, 0.1) is 0 Å². The molecule has 2 heterocycles. The Morgan fingerprint density at radius 1 is 1.50 bits per heavy atom. The number of aryl methyl sites for hydroxylation is 1. The lowest BCUT2D eigenvalue weighted by molar-refractivity contribution is -0.0907. The molecule has 0 aliphatic carbocycles. The predicted molar refractivity (Wildman–Crippen MR) is 98.3 cm³/mol. The minimum absolute atomic E-state index is 0.162. The van der Waals surface area contributed by atoms with Gasteiger partial charge in [0.25, 0.3) is 0 Å². The zero-order valence-electron chi connectivity index (χ0n) is 15.2. The zero-order valence-corrected chi connectivity index (χ0v) is 15.9. The van der Waals surface area contributed by atoms with E-state index in [1.807, 2.05) is 32.3 Å². The van der Waals surface area contributed by atoms with Crippen LogP contribution in [0.1, 0.15) is 18.1 Å². The van der Waals surface area contributed by atoms with Crippen molar-refractivity contribution in [3.8, 4) is 5.75 Å². The summed E-state index contributed by atoms with van der Waals surface area (Å²) >= 11 is 6.23. The molecule has 140 valence electrons. The van der Waals surface area contributed by atoms with Gasteiger partial charge in [0.15, 0.2) is 0 Å². The van der Waals surface area contributed by atoms with E-state index in [0.29, 0.717) is 37.0 Å². The standard InChI is InChI=1S/C18H23ClN4O3/c1-18(13-9-21-22(2)11-13)12-23(7-8-26-18)17(24)20-10-14-15(19)5-4-6-16(14)25-3/h4-6,9,11H,7-8,10,12H2,1-3H3,(H,20,24)/t18-/m1/s1. The molecule has 1 aliphatic heterocycles. The van der Waals surface area contributed by atoms with Crippen molar-refractivity contribution < 1.29 is 14.3 Å². The molecule has 1 aromatic carbocycles. The lowest BCUT2D eigenvalue weighted by atomic mass is 9.97. The maximum Gasteiger partial charge on any atom is 0.317 e. The molecule has 0 radical (unpaired) electrons. The number of rotatable bonds is 4. The van der Waals surface area contributed by atoms with Gasteiger partial charge in [0.1, 0.15) is 11.4 Å². The molecule has 26 heavy (non-hydrogen) atoms. The number of hydrogen-bond donors (Lipinski definition) is 1. The minimum Gasteiger partial charge on any atom is -0.496 e. The molecule has 1 aromatic heterocycles. The number of methoxy groups -OCH3 is 1. The van der Waals surface area contributed by atoms with Gasteiger partial charge in [-0.1, -0.05) is 17.7 Å². The topological polar surface area (TPSA) is 68.6 Å². The number of urea groups is 1. The molecule has 1 atom stereocenters. The monoisotopic (exact) mass is 378 g/mol. The summed E-state index contributed by atoms with van der Waals surface area (Å²) in [6.07, 6.45) is 3.69. The molecular weight excluding hydrogens is 356 g/mol. The molecule has 1 aliphatic rings. The van der Waals surface area contributed by atoms with Crippen LogP contribution in [0.4, 0.5) is 4.79 Å². The van der Waals surface area contributed by atoms with Crippen LogP contribution < -0.4 is 10.1 Å². The third-order valence-corrected chi connectivity index (χ3v) is 4.94. The van der Waals surface area contributed by atoms with E-state index in [0.717, 1.165) is 11.1 Å². The van der Waals surface area contributed by atoms with Gasteiger partial charge in [-0.15, -0.1) is 0 Å². The fourth-order valence-electron chi connectivity index (χ4n) is 3.09. The molecule has 8 heteroatoms. The average Bonchev–Trinajstić information content (AvgIpc) is 3.07. The van der Waals surface area contributed by atoms with Crippen molar-refractivity contribution in [1.29, 1.82) is 0 Å². The summed E-state index contributed by atoms with van der Waals surface area (Å²) in [5.41, 5.74) is 1.13. The average molecular weight is 379 g/mol. The molecule has 2 aromatic rings. The second-order valence-electron chi connectivity index (χ2n) is 6.48. The smallest absolute Gasteiger partial charge is 0.317 e. The van der Waals surface area contributed by atoms with Gasteiger partial charge in [0.2, 0.25) is 0 Å². The van der Waals surface area contributed by atoms with Gasteiger partial charge in [-0.25, -0.2) is 4.79 Å². The number of carbonyl (C=O) groups excluding carboxylic acids is 1. The Morgan fingerprint density at radius 2 is 2.31 bits per heavy atom. The molecule has 1 N–H and O–H groups in total. The second-order valence-corrected chi connectivity index (χ2v) is 6.89. The summed E-state index contributed by atoms with van der Waals surface area (Å²) in [6, 6.07) is 5.25. The van der Waals surface area contributed by atoms with E-state index in [2.05, 4.69) is 10.4 Å². The van der Waals surface area contributed by atoms with Crippen LogP contribution in [0.3, 0.4) is 0 Å². The highest BCUT2D eigenvalue weighted by Crippen LogP contribution is 2.29. The molecule has 1 fully saturated rings. The summed E-state index contributed by atoms with van der Waals surface area (Å²) in [6.45, 7) is 3.71. The number of hydrogen-bond acceptors (Lipinski definition) is 4. The van der Waals surface area contributed by atoms with Gasteiger partial charge < -0.3 is 19.7 Å². The number of benzene rings is 1. The number of morpholine rings is 1. The van der Waals surface area contributed by atoms with Crippen molar-refractivity contribution in [2.75, 3.05) is 26.8 Å². The molecule has 0 spiro atoms. The van der Waals surface area contributed by atoms with E-state index in [1.165, 1.54) is 0 Å². The van der Waals surface area contributed by atoms with Crippen LogP contribution in [0.15, 0.2) is 30.6 Å². The Balaban J connectivity index is 1.67. The Kier molecular flexibility index (Phi) is 5.38. The first-order chi connectivity index (χ1) is 12.4. The first-order valence-corrected chi connectivity index (χ1v) is 8.78. The van der Waals surface area contributed by atoms with Crippen molar-refractivity contribution in [2.24, 2.45) is 7.05 Å². The summed E-state index contributed by atoms with van der Waals surface area (Å²) in [7, 11) is 3.44. The summed E-state index contributed by atoms with van der Waals surface area (Å²) in [5.74, 6) is 0.653. The predicted octanol–water partition coefficient (Wildman–Crippen LogP) is 2.54. The molecule has 0 bridgehead atoms. The van der Waals surface area contributed by atoms with E-state index in [1.54, 1.807) is 29.0 Å². The van der Waals surface area contributed by atoms with Crippen molar-refractivity contribution in [3.63, 3.8) is 0 Å². The summed E-state index contributed by atoms with van der Waals surface area (Å²) < 4.78 is 13.0. The van der Waals surface area contributed by atoms with Gasteiger partial charge in [-0.05, 0) is 19.1 Å². The Labute approximate surface area is 157 Å². The SMILES string of the molecule is COc1cccc(Cl)c1CNC(=O)N1CCO[C@@](C)(c2cnn(C)c2)C1. The number of ether oxygens (including phenoxy) is 2. The number of carbonyl (C=O) groups is 1. The molecule has 0 unspecified atom stereocenters. The maximum atomic E-state index is 12.7. The van der Waals surface area contributed by atoms with Crippen molar-refractivity contribution in [2.45, 2.75) is 19.1 Å². The van der Waals surface area contributed by atoms with Gasteiger partial charge in [0.05, 0.1) is 26.5 Å². The molecule has 0 saturated carbocycles. The van der Waals surface area contributed by atoms with E-state index >= 15 is 0 Å². The van der Waals surface area contributed by atoms with E-state index < -0.39 is 5.60 Å². The van der Waals surface area contributed by atoms with E-state index in [4.69, 9.17) is 21.1 Å². The van der Waals surface area contributed by atoms with Gasteiger partial charge in [-0.3, -0.25) is 4.68 Å². The highest BCUT2D eigenvalue weighted by molar-refractivity contribution is 6.31. The van der Waals surface area contributed by atoms with E-state index in [-0.39, 0.29) is 6.03 Å². The number of aromatic nitrogens is 2. The van der Waals surface area contributed by atoms with Crippen LogP contribution in [0.25, 0.3) is 0 Å². The highest BCUT2D eigenvalue weighted by Gasteiger charge is 2.36. The number of nitrogens with zero attached hydrogens (tertiary/aromatic N) is 3. The first kappa shape index (κ1) is 18.5. The molecule has 7 nitrogen and oxygen atoms in total. The fraction of sp³-hybridized carbons (Fsp3) is 0.444. The van der Waals surface area contributed by atoms with Crippen molar-refractivity contribution in [3.05, 3.63) is 46.7 Å². The third-order valence-electron chi connectivity index (χ3n) is 4.59.